The second kappa shape index (κ2) is 3.24. The fourth-order valence-electron chi connectivity index (χ4n) is 2.14. The molecule has 0 radical (unpaired) electrons. The predicted octanol–water partition coefficient (Wildman–Crippen LogP) is 1.53. The summed E-state index contributed by atoms with van der Waals surface area (Å²) in [6.07, 6.45) is 0.848. The van der Waals surface area contributed by atoms with E-state index in [1.165, 1.54) is 6.07 Å². The SMILES string of the molecule is CC(N)C1Cc2cc(F)ccc2N1C. The van der Waals surface area contributed by atoms with Crippen molar-refractivity contribution in [3.63, 3.8) is 0 Å². The second-order valence-corrected chi connectivity index (χ2v) is 4.01. The highest BCUT2D eigenvalue weighted by atomic mass is 19.1. The summed E-state index contributed by atoms with van der Waals surface area (Å²) >= 11 is 0. The highest BCUT2D eigenvalue weighted by molar-refractivity contribution is 5.59. The summed E-state index contributed by atoms with van der Waals surface area (Å²) in [7, 11) is 2.01. The molecule has 0 aromatic heterocycles. The van der Waals surface area contributed by atoms with Gasteiger partial charge in [-0.1, -0.05) is 0 Å². The van der Waals surface area contributed by atoms with Gasteiger partial charge >= 0.3 is 0 Å². The number of anilines is 1. The molecule has 1 aromatic rings. The van der Waals surface area contributed by atoms with E-state index in [0.717, 1.165) is 17.7 Å². The molecule has 0 fully saturated rings. The highest BCUT2D eigenvalue weighted by Gasteiger charge is 2.28. The molecule has 0 amide bonds. The molecule has 2 atom stereocenters. The third-order valence-electron chi connectivity index (χ3n) is 2.95. The number of likely N-dealkylation sites (N-methyl/N-ethyl adjacent to an activating group) is 1. The topological polar surface area (TPSA) is 29.3 Å². The lowest BCUT2D eigenvalue weighted by Gasteiger charge is -2.25. The van der Waals surface area contributed by atoms with Crippen LogP contribution in [-0.4, -0.2) is 19.1 Å². The van der Waals surface area contributed by atoms with Gasteiger partial charge in [0.2, 0.25) is 0 Å². The molecule has 0 aliphatic carbocycles. The van der Waals surface area contributed by atoms with Crippen LogP contribution in [0, 0.1) is 5.82 Å². The van der Waals surface area contributed by atoms with Gasteiger partial charge in [-0.05, 0) is 37.1 Å². The number of fused-ring (bicyclic) bond motifs is 1. The van der Waals surface area contributed by atoms with Crippen LogP contribution in [0.25, 0.3) is 0 Å². The quantitative estimate of drug-likeness (QED) is 0.734. The van der Waals surface area contributed by atoms with Crippen molar-refractivity contribution in [3.8, 4) is 0 Å². The van der Waals surface area contributed by atoms with E-state index >= 15 is 0 Å². The molecule has 2 nitrogen and oxygen atoms in total. The number of rotatable bonds is 1. The molecular weight excluding hydrogens is 179 g/mol. The first-order chi connectivity index (χ1) is 6.59. The molecule has 0 saturated carbocycles. The number of nitrogens with zero attached hydrogens (tertiary/aromatic N) is 1. The minimum Gasteiger partial charge on any atom is -0.369 e. The van der Waals surface area contributed by atoms with Crippen LogP contribution in [0.5, 0.6) is 0 Å². The van der Waals surface area contributed by atoms with E-state index in [4.69, 9.17) is 5.73 Å². The number of nitrogens with two attached hydrogens (primary N) is 1. The minimum absolute atomic E-state index is 0.107. The average Bonchev–Trinajstić information content (AvgIpc) is 2.43. The van der Waals surface area contributed by atoms with Gasteiger partial charge in [0.25, 0.3) is 0 Å². The Kier molecular flexibility index (Phi) is 2.19. The van der Waals surface area contributed by atoms with Gasteiger partial charge in [-0.15, -0.1) is 0 Å². The second-order valence-electron chi connectivity index (χ2n) is 4.01. The summed E-state index contributed by atoms with van der Waals surface area (Å²) in [5.74, 6) is -0.164. The van der Waals surface area contributed by atoms with Crippen LogP contribution in [0.2, 0.25) is 0 Å². The lowest BCUT2D eigenvalue weighted by atomic mass is 10.1. The standard InChI is InChI=1S/C11H15FN2/c1-7(13)11-6-8-5-9(12)3-4-10(8)14(11)2/h3-5,7,11H,6,13H2,1-2H3. The van der Waals surface area contributed by atoms with E-state index < -0.39 is 0 Å². The van der Waals surface area contributed by atoms with E-state index in [1.807, 2.05) is 20.0 Å². The van der Waals surface area contributed by atoms with Crippen molar-refractivity contribution in [1.29, 1.82) is 0 Å². The van der Waals surface area contributed by atoms with Crippen molar-refractivity contribution < 1.29 is 4.39 Å². The molecule has 0 spiro atoms. The lowest BCUT2D eigenvalue weighted by Crippen LogP contribution is -2.42. The number of benzene rings is 1. The molecule has 14 heavy (non-hydrogen) atoms. The van der Waals surface area contributed by atoms with E-state index in [0.29, 0.717) is 6.04 Å². The van der Waals surface area contributed by atoms with Gasteiger partial charge in [-0.25, -0.2) is 4.39 Å². The molecule has 1 aliphatic rings. The Balaban J connectivity index is 2.35. The normalized spacial score (nSPS) is 22.3. The Morgan fingerprint density at radius 1 is 1.57 bits per heavy atom. The van der Waals surface area contributed by atoms with Gasteiger partial charge < -0.3 is 10.6 Å². The molecule has 2 N–H and O–H groups in total. The van der Waals surface area contributed by atoms with E-state index in [1.54, 1.807) is 6.07 Å². The first kappa shape index (κ1) is 9.46. The van der Waals surface area contributed by atoms with Crippen LogP contribution in [0.4, 0.5) is 10.1 Å². The monoisotopic (exact) mass is 194 g/mol. The van der Waals surface area contributed by atoms with E-state index in [2.05, 4.69) is 4.90 Å². The maximum atomic E-state index is 13.0. The summed E-state index contributed by atoms with van der Waals surface area (Å²) in [5, 5.41) is 0. The number of hydrogen-bond acceptors (Lipinski definition) is 2. The van der Waals surface area contributed by atoms with Crippen LogP contribution in [0.3, 0.4) is 0 Å². The van der Waals surface area contributed by atoms with Crippen LogP contribution in [-0.2, 0) is 6.42 Å². The molecule has 0 saturated heterocycles. The fourth-order valence-corrected chi connectivity index (χ4v) is 2.14. The smallest absolute Gasteiger partial charge is 0.123 e. The molecule has 2 unspecified atom stereocenters. The zero-order valence-corrected chi connectivity index (χ0v) is 8.50. The molecule has 2 rings (SSSR count). The lowest BCUT2D eigenvalue weighted by molar-refractivity contribution is 0.556. The summed E-state index contributed by atoms with van der Waals surface area (Å²) < 4.78 is 13.0. The Morgan fingerprint density at radius 2 is 2.29 bits per heavy atom. The predicted molar refractivity (Wildman–Crippen MR) is 55.9 cm³/mol. The van der Waals surface area contributed by atoms with Crippen LogP contribution >= 0.6 is 0 Å². The molecule has 1 heterocycles. The molecule has 1 aliphatic heterocycles. The summed E-state index contributed by atoms with van der Waals surface area (Å²) in [4.78, 5) is 2.14. The van der Waals surface area contributed by atoms with Gasteiger partial charge in [0, 0.05) is 24.8 Å². The van der Waals surface area contributed by atoms with Gasteiger partial charge in [0.15, 0.2) is 0 Å². The summed E-state index contributed by atoms with van der Waals surface area (Å²) in [5.41, 5.74) is 8.04. The van der Waals surface area contributed by atoms with Gasteiger partial charge in [-0.2, -0.15) is 0 Å². The van der Waals surface area contributed by atoms with E-state index in [-0.39, 0.29) is 11.9 Å². The fraction of sp³-hybridized carbons (Fsp3) is 0.455. The van der Waals surface area contributed by atoms with Crippen molar-refractivity contribution >= 4 is 5.69 Å². The Hall–Kier alpha value is -1.09. The largest absolute Gasteiger partial charge is 0.369 e. The Labute approximate surface area is 83.5 Å². The van der Waals surface area contributed by atoms with Crippen molar-refractivity contribution in [2.45, 2.75) is 25.4 Å². The van der Waals surface area contributed by atoms with Crippen LogP contribution < -0.4 is 10.6 Å². The molecule has 1 aromatic carbocycles. The van der Waals surface area contributed by atoms with Gasteiger partial charge in [-0.3, -0.25) is 0 Å². The maximum absolute atomic E-state index is 13.0. The molecular formula is C11H15FN2. The van der Waals surface area contributed by atoms with Crippen molar-refractivity contribution in [2.75, 3.05) is 11.9 Å². The maximum Gasteiger partial charge on any atom is 0.123 e. The molecule has 76 valence electrons. The van der Waals surface area contributed by atoms with Crippen molar-refractivity contribution in [3.05, 3.63) is 29.6 Å². The minimum atomic E-state index is -0.164. The van der Waals surface area contributed by atoms with Crippen molar-refractivity contribution in [1.82, 2.24) is 0 Å². The molecule has 3 heteroatoms. The molecule has 0 bridgehead atoms. The van der Waals surface area contributed by atoms with E-state index in [9.17, 15) is 4.39 Å². The Bertz CT molecular complexity index is 349. The van der Waals surface area contributed by atoms with Crippen molar-refractivity contribution in [2.24, 2.45) is 5.73 Å². The third kappa shape index (κ3) is 1.38. The number of halogens is 1. The van der Waals surface area contributed by atoms with Gasteiger partial charge in [0.1, 0.15) is 5.82 Å². The first-order valence-electron chi connectivity index (χ1n) is 4.86. The zero-order chi connectivity index (χ0) is 10.3. The highest BCUT2D eigenvalue weighted by Crippen LogP contribution is 2.32. The van der Waals surface area contributed by atoms with Gasteiger partial charge in [0.05, 0.1) is 0 Å². The van der Waals surface area contributed by atoms with Crippen LogP contribution in [0.1, 0.15) is 12.5 Å². The van der Waals surface area contributed by atoms with Crippen LogP contribution in [0.15, 0.2) is 18.2 Å². The summed E-state index contributed by atoms with van der Waals surface area (Å²) in [6.45, 7) is 1.99. The first-order valence-corrected chi connectivity index (χ1v) is 4.86. The third-order valence-corrected chi connectivity index (χ3v) is 2.95. The Morgan fingerprint density at radius 3 is 2.93 bits per heavy atom. The average molecular weight is 194 g/mol. The number of hydrogen-bond donors (Lipinski definition) is 1. The summed E-state index contributed by atoms with van der Waals surface area (Å²) in [6, 6.07) is 5.34. The zero-order valence-electron chi connectivity index (χ0n) is 8.50.